The van der Waals surface area contributed by atoms with Crippen molar-refractivity contribution in [3.05, 3.63) is 64.1 Å². The number of halogens is 2. The molecule has 20 heavy (non-hydrogen) atoms. The molecular weight excluding hydrogens is 309 g/mol. The molecule has 0 amide bonds. The maximum absolute atomic E-state index is 6.39. The van der Waals surface area contributed by atoms with Crippen molar-refractivity contribution >= 4 is 35.0 Å². The van der Waals surface area contributed by atoms with Crippen LogP contribution in [0.4, 0.5) is 0 Å². The lowest BCUT2D eigenvalue weighted by Gasteiger charge is -2.23. The SMILES string of the molecule is CCC(Sc1cc(Cl)ccc1Cl)C(N)c1ccccc1. The van der Waals surface area contributed by atoms with Crippen LogP contribution in [0.25, 0.3) is 0 Å². The molecule has 0 aliphatic heterocycles. The van der Waals surface area contributed by atoms with Gasteiger partial charge in [-0.15, -0.1) is 11.8 Å². The largest absolute Gasteiger partial charge is 0.323 e. The summed E-state index contributed by atoms with van der Waals surface area (Å²) in [6, 6.07) is 15.6. The predicted octanol–water partition coefficient (Wildman–Crippen LogP) is 5.56. The summed E-state index contributed by atoms with van der Waals surface area (Å²) in [5.74, 6) is 0. The van der Waals surface area contributed by atoms with E-state index in [0.717, 1.165) is 21.9 Å². The molecule has 0 heterocycles. The second-order valence-electron chi connectivity index (χ2n) is 4.58. The molecule has 0 aliphatic carbocycles. The summed E-state index contributed by atoms with van der Waals surface area (Å²) in [5.41, 5.74) is 7.53. The van der Waals surface area contributed by atoms with Crippen molar-refractivity contribution in [3.8, 4) is 0 Å². The number of nitrogens with two attached hydrogens (primary N) is 1. The van der Waals surface area contributed by atoms with E-state index < -0.39 is 0 Å². The van der Waals surface area contributed by atoms with Crippen LogP contribution in [0.15, 0.2) is 53.4 Å². The van der Waals surface area contributed by atoms with E-state index in [2.05, 4.69) is 19.1 Å². The highest BCUT2D eigenvalue weighted by Crippen LogP contribution is 2.37. The van der Waals surface area contributed by atoms with Crippen molar-refractivity contribution < 1.29 is 0 Å². The lowest BCUT2D eigenvalue weighted by atomic mass is 10.0. The van der Waals surface area contributed by atoms with E-state index in [4.69, 9.17) is 28.9 Å². The Morgan fingerprint density at radius 2 is 1.80 bits per heavy atom. The Morgan fingerprint density at radius 1 is 1.10 bits per heavy atom. The number of hydrogen-bond donors (Lipinski definition) is 1. The number of hydrogen-bond acceptors (Lipinski definition) is 2. The zero-order valence-electron chi connectivity index (χ0n) is 11.2. The molecule has 106 valence electrons. The van der Waals surface area contributed by atoms with Gasteiger partial charge in [-0.05, 0) is 30.2 Å². The highest BCUT2D eigenvalue weighted by molar-refractivity contribution is 8.00. The van der Waals surface area contributed by atoms with E-state index in [1.807, 2.05) is 30.3 Å². The van der Waals surface area contributed by atoms with Crippen LogP contribution in [0.2, 0.25) is 10.0 Å². The maximum atomic E-state index is 6.39. The van der Waals surface area contributed by atoms with Crippen LogP contribution in [0, 0.1) is 0 Å². The van der Waals surface area contributed by atoms with E-state index in [1.165, 1.54) is 0 Å². The summed E-state index contributed by atoms with van der Waals surface area (Å²) >= 11 is 14.0. The van der Waals surface area contributed by atoms with Crippen molar-refractivity contribution in [1.29, 1.82) is 0 Å². The Balaban J connectivity index is 2.18. The highest BCUT2D eigenvalue weighted by atomic mass is 35.5. The standard InChI is InChI=1S/C16H17Cl2NS/c1-2-14(16(19)11-6-4-3-5-7-11)20-15-10-12(17)8-9-13(15)18/h3-10,14,16H,2,19H2,1H3. The van der Waals surface area contributed by atoms with Gasteiger partial charge in [0.15, 0.2) is 0 Å². The fourth-order valence-electron chi connectivity index (χ4n) is 2.03. The lowest BCUT2D eigenvalue weighted by Crippen LogP contribution is -2.23. The molecule has 0 fully saturated rings. The van der Waals surface area contributed by atoms with Gasteiger partial charge < -0.3 is 5.73 Å². The number of thioether (sulfide) groups is 1. The molecule has 2 aromatic carbocycles. The van der Waals surface area contributed by atoms with Crippen LogP contribution in [0.1, 0.15) is 24.9 Å². The molecular formula is C16H17Cl2NS. The van der Waals surface area contributed by atoms with Gasteiger partial charge in [0.2, 0.25) is 0 Å². The molecule has 2 N–H and O–H groups in total. The van der Waals surface area contributed by atoms with Gasteiger partial charge in [0.05, 0.1) is 5.02 Å². The van der Waals surface area contributed by atoms with Gasteiger partial charge in [0.25, 0.3) is 0 Å². The zero-order valence-corrected chi connectivity index (χ0v) is 13.6. The normalized spacial score (nSPS) is 14.0. The number of benzene rings is 2. The first-order valence-corrected chi connectivity index (χ1v) is 8.17. The summed E-state index contributed by atoms with van der Waals surface area (Å²) in [6.45, 7) is 2.14. The molecule has 0 saturated carbocycles. The summed E-state index contributed by atoms with van der Waals surface area (Å²) in [5, 5.41) is 1.67. The Bertz CT molecular complexity index is 560. The van der Waals surface area contributed by atoms with E-state index in [1.54, 1.807) is 17.8 Å². The van der Waals surface area contributed by atoms with Crippen molar-refractivity contribution in [2.45, 2.75) is 29.5 Å². The molecule has 2 atom stereocenters. The third-order valence-corrected chi connectivity index (χ3v) is 5.36. The van der Waals surface area contributed by atoms with Gasteiger partial charge in [-0.1, -0.05) is 60.5 Å². The predicted molar refractivity (Wildman–Crippen MR) is 89.8 cm³/mol. The van der Waals surface area contributed by atoms with Gasteiger partial charge in [-0.3, -0.25) is 0 Å². The Kier molecular flexibility index (Phi) is 5.79. The van der Waals surface area contributed by atoms with Gasteiger partial charge in [-0.2, -0.15) is 0 Å². The fourth-order valence-corrected chi connectivity index (χ4v) is 3.69. The van der Waals surface area contributed by atoms with Gasteiger partial charge in [0, 0.05) is 21.2 Å². The minimum Gasteiger partial charge on any atom is -0.323 e. The summed E-state index contributed by atoms with van der Waals surface area (Å²) in [7, 11) is 0. The van der Waals surface area contributed by atoms with Crippen LogP contribution < -0.4 is 5.73 Å². The van der Waals surface area contributed by atoms with Crippen LogP contribution in [-0.2, 0) is 0 Å². The monoisotopic (exact) mass is 325 g/mol. The summed E-state index contributed by atoms with van der Waals surface area (Å²) < 4.78 is 0. The van der Waals surface area contributed by atoms with Crippen LogP contribution in [-0.4, -0.2) is 5.25 Å². The maximum Gasteiger partial charge on any atom is 0.0543 e. The van der Waals surface area contributed by atoms with Gasteiger partial charge in [-0.25, -0.2) is 0 Å². The first-order chi connectivity index (χ1) is 9.61. The quantitative estimate of drug-likeness (QED) is 0.728. The Hall–Kier alpha value is -0.670. The zero-order chi connectivity index (χ0) is 14.5. The molecule has 0 radical (unpaired) electrons. The van der Waals surface area contributed by atoms with Crippen molar-refractivity contribution in [1.82, 2.24) is 0 Å². The molecule has 4 heteroatoms. The van der Waals surface area contributed by atoms with E-state index in [9.17, 15) is 0 Å². The molecule has 0 bridgehead atoms. The third-order valence-electron chi connectivity index (χ3n) is 3.16. The van der Waals surface area contributed by atoms with E-state index in [0.29, 0.717) is 5.02 Å². The van der Waals surface area contributed by atoms with E-state index in [-0.39, 0.29) is 11.3 Å². The molecule has 0 aromatic heterocycles. The molecule has 2 rings (SSSR count). The topological polar surface area (TPSA) is 26.0 Å². The average Bonchev–Trinajstić information content (AvgIpc) is 2.48. The summed E-state index contributed by atoms with van der Waals surface area (Å²) in [4.78, 5) is 0.984. The third kappa shape index (κ3) is 3.92. The molecule has 0 spiro atoms. The van der Waals surface area contributed by atoms with Crippen molar-refractivity contribution in [3.63, 3.8) is 0 Å². The highest BCUT2D eigenvalue weighted by Gasteiger charge is 2.20. The van der Waals surface area contributed by atoms with Gasteiger partial charge in [0.1, 0.15) is 0 Å². The smallest absolute Gasteiger partial charge is 0.0543 e. The van der Waals surface area contributed by atoms with Crippen LogP contribution in [0.3, 0.4) is 0 Å². The number of rotatable bonds is 5. The Labute approximate surface area is 134 Å². The van der Waals surface area contributed by atoms with Crippen LogP contribution in [0.5, 0.6) is 0 Å². The molecule has 2 aromatic rings. The summed E-state index contributed by atoms with van der Waals surface area (Å²) in [6.07, 6.45) is 0.962. The first kappa shape index (κ1) is 15.7. The van der Waals surface area contributed by atoms with Crippen LogP contribution >= 0.6 is 35.0 Å². The molecule has 1 nitrogen and oxygen atoms in total. The molecule has 0 saturated heterocycles. The second kappa shape index (κ2) is 7.37. The average molecular weight is 326 g/mol. The minimum absolute atomic E-state index is 0.0266. The fraction of sp³-hybridized carbons (Fsp3) is 0.250. The second-order valence-corrected chi connectivity index (χ2v) is 6.70. The molecule has 2 unspecified atom stereocenters. The van der Waals surface area contributed by atoms with Gasteiger partial charge >= 0.3 is 0 Å². The van der Waals surface area contributed by atoms with E-state index >= 15 is 0 Å². The molecule has 0 aliphatic rings. The van der Waals surface area contributed by atoms with Crippen molar-refractivity contribution in [2.24, 2.45) is 5.73 Å². The first-order valence-electron chi connectivity index (χ1n) is 6.54. The van der Waals surface area contributed by atoms with Crippen molar-refractivity contribution in [2.75, 3.05) is 0 Å². The lowest BCUT2D eigenvalue weighted by molar-refractivity contribution is 0.656. The Morgan fingerprint density at radius 3 is 2.45 bits per heavy atom. The minimum atomic E-state index is -0.0266.